The second kappa shape index (κ2) is 9.85. The van der Waals surface area contributed by atoms with Gasteiger partial charge in [-0.25, -0.2) is 0 Å². The molecule has 0 spiro atoms. The van der Waals surface area contributed by atoms with Crippen molar-refractivity contribution < 1.29 is 0 Å². The first-order valence-corrected chi connectivity index (χ1v) is 3.41. The maximum atomic E-state index is 2.04. The topological polar surface area (TPSA) is 0 Å². The molecule has 8 heavy (non-hydrogen) atoms. The standard InChI is InChI=1S/C4H4S.C2H6.CH4/c1-2-4-5-3-1;1-2;/h1-4H;1-2H3;1H4. The first kappa shape index (κ1) is 10.6. The lowest BCUT2D eigenvalue weighted by Crippen LogP contribution is -1.16. The molecule has 0 atom stereocenters. The van der Waals surface area contributed by atoms with E-state index in [1.807, 2.05) is 36.7 Å². The molecule has 0 aliphatic heterocycles. The van der Waals surface area contributed by atoms with Crippen LogP contribution in [0.4, 0.5) is 0 Å². The molecule has 0 saturated heterocycles. The minimum atomic E-state index is 0. The molecular formula is C7H14S. The molecule has 1 rings (SSSR count). The Hall–Kier alpha value is -0.300. The summed E-state index contributed by atoms with van der Waals surface area (Å²) in [4.78, 5) is 0. The van der Waals surface area contributed by atoms with Gasteiger partial charge in [-0.1, -0.05) is 33.4 Å². The summed E-state index contributed by atoms with van der Waals surface area (Å²) in [5.41, 5.74) is 0. The summed E-state index contributed by atoms with van der Waals surface area (Å²) in [6, 6.07) is 4.04. The van der Waals surface area contributed by atoms with Crippen molar-refractivity contribution in [1.29, 1.82) is 0 Å². The summed E-state index contributed by atoms with van der Waals surface area (Å²) in [6.07, 6.45) is 0. The number of hydrogen-bond donors (Lipinski definition) is 0. The minimum absolute atomic E-state index is 0. The van der Waals surface area contributed by atoms with E-state index in [4.69, 9.17) is 0 Å². The number of hydrogen-bond acceptors (Lipinski definition) is 1. The zero-order chi connectivity index (χ0) is 5.54. The Balaban J connectivity index is 0. The summed E-state index contributed by atoms with van der Waals surface area (Å²) in [5, 5.41) is 4.08. The maximum Gasteiger partial charge on any atom is -0.00934 e. The zero-order valence-electron chi connectivity index (χ0n) is 4.72. The molecule has 0 radical (unpaired) electrons. The van der Waals surface area contributed by atoms with Crippen LogP contribution in [0.3, 0.4) is 0 Å². The molecule has 0 aromatic carbocycles. The molecule has 48 valence electrons. The number of rotatable bonds is 0. The van der Waals surface area contributed by atoms with Crippen LogP contribution in [-0.2, 0) is 0 Å². The molecule has 1 heteroatoms. The van der Waals surface area contributed by atoms with Gasteiger partial charge in [0.05, 0.1) is 0 Å². The maximum absolute atomic E-state index is 2.04. The van der Waals surface area contributed by atoms with E-state index in [0.29, 0.717) is 0 Å². The van der Waals surface area contributed by atoms with Crippen LogP contribution < -0.4 is 0 Å². The van der Waals surface area contributed by atoms with Crippen LogP contribution in [0.5, 0.6) is 0 Å². The van der Waals surface area contributed by atoms with Gasteiger partial charge in [-0.15, -0.1) is 0 Å². The molecule has 1 aromatic heterocycles. The highest BCUT2D eigenvalue weighted by Crippen LogP contribution is 1.91. The molecule has 0 saturated carbocycles. The van der Waals surface area contributed by atoms with E-state index in [0.717, 1.165) is 0 Å². The largest absolute Gasteiger partial charge is 0.152 e. The normalized spacial score (nSPS) is 5.75. The SMILES string of the molecule is C.CC.c1ccsc1. The van der Waals surface area contributed by atoms with Gasteiger partial charge in [0, 0.05) is 0 Å². The van der Waals surface area contributed by atoms with E-state index in [9.17, 15) is 0 Å². The summed E-state index contributed by atoms with van der Waals surface area (Å²) in [7, 11) is 0. The third-order valence-electron chi connectivity index (χ3n) is 0.425. The predicted octanol–water partition coefficient (Wildman–Crippen LogP) is 3.41. The molecule has 1 heterocycles. The average Bonchev–Trinajstić information content (AvgIpc) is 2.23. The Morgan fingerprint density at radius 3 is 1.50 bits per heavy atom. The van der Waals surface area contributed by atoms with E-state index < -0.39 is 0 Å². The van der Waals surface area contributed by atoms with Crippen molar-refractivity contribution in [2.24, 2.45) is 0 Å². The van der Waals surface area contributed by atoms with Crippen molar-refractivity contribution in [2.45, 2.75) is 21.3 Å². The smallest absolute Gasteiger partial charge is 0.00934 e. The quantitative estimate of drug-likeness (QED) is 0.505. The Labute approximate surface area is 56.2 Å². The lowest BCUT2D eigenvalue weighted by atomic mass is 10.7. The highest BCUT2D eigenvalue weighted by molar-refractivity contribution is 7.07. The van der Waals surface area contributed by atoms with Gasteiger partial charge in [-0.3, -0.25) is 0 Å². The van der Waals surface area contributed by atoms with E-state index >= 15 is 0 Å². The predicted molar refractivity (Wildman–Crippen MR) is 42.4 cm³/mol. The van der Waals surface area contributed by atoms with Crippen molar-refractivity contribution in [2.75, 3.05) is 0 Å². The fourth-order valence-electron chi connectivity index (χ4n) is 0.227. The molecule has 0 unspecified atom stereocenters. The first-order chi connectivity index (χ1) is 3.50. The van der Waals surface area contributed by atoms with Gasteiger partial charge in [-0.2, -0.15) is 11.3 Å². The molecule has 0 N–H and O–H groups in total. The molecule has 0 nitrogen and oxygen atoms in total. The van der Waals surface area contributed by atoms with Gasteiger partial charge in [-0.05, 0) is 10.8 Å². The van der Waals surface area contributed by atoms with E-state index in [1.54, 1.807) is 11.3 Å². The zero-order valence-corrected chi connectivity index (χ0v) is 5.53. The summed E-state index contributed by atoms with van der Waals surface area (Å²) < 4.78 is 0. The van der Waals surface area contributed by atoms with Crippen molar-refractivity contribution >= 4 is 11.3 Å². The Bertz CT molecular complexity index is 60.9. The molecule has 0 bridgehead atoms. The van der Waals surface area contributed by atoms with Crippen LogP contribution in [-0.4, -0.2) is 0 Å². The average molecular weight is 130 g/mol. The van der Waals surface area contributed by atoms with Crippen LogP contribution in [0.2, 0.25) is 0 Å². The fraction of sp³-hybridized carbons (Fsp3) is 0.429. The molecule has 0 amide bonds. The number of thiophene rings is 1. The highest BCUT2D eigenvalue weighted by Gasteiger charge is 1.58. The lowest BCUT2D eigenvalue weighted by molar-refractivity contribution is 1.50. The second-order valence-electron chi connectivity index (χ2n) is 0.793. The van der Waals surface area contributed by atoms with Crippen LogP contribution in [0, 0.1) is 0 Å². The van der Waals surface area contributed by atoms with Crippen LogP contribution in [0.15, 0.2) is 22.9 Å². The van der Waals surface area contributed by atoms with Gasteiger partial charge >= 0.3 is 0 Å². The molecule has 0 aliphatic rings. The van der Waals surface area contributed by atoms with Gasteiger partial charge in [0.1, 0.15) is 0 Å². The molecule has 0 fully saturated rings. The molecule has 1 aromatic rings. The van der Waals surface area contributed by atoms with Crippen molar-refractivity contribution in [3.05, 3.63) is 22.9 Å². The third kappa shape index (κ3) is 5.70. The monoisotopic (exact) mass is 130 g/mol. The summed E-state index contributed by atoms with van der Waals surface area (Å²) in [5.74, 6) is 0. The highest BCUT2D eigenvalue weighted by atomic mass is 32.1. The Kier molecular flexibility index (Phi) is 13.1. The van der Waals surface area contributed by atoms with Gasteiger partial charge < -0.3 is 0 Å². The summed E-state index contributed by atoms with van der Waals surface area (Å²) >= 11 is 1.71. The lowest BCUT2D eigenvalue weighted by Gasteiger charge is -1.39. The molecule has 0 aliphatic carbocycles. The van der Waals surface area contributed by atoms with E-state index in [-0.39, 0.29) is 7.43 Å². The Morgan fingerprint density at radius 1 is 1.00 bits per heavy atom. The van der Waals surface area contributed by atoms with Crippen LogP contribution >= 0.6 is 11.3 Å². The van der Waals surface area contributed by atoms with Gasteiger partial charge in [0.15, 0.2) is 0 Å². The van der Waals surface area contributed by atoms with Crippen LogP contribution in [0.25, 0.3) is 0 Å². The van der Waals surface area contributed by atoms with Crippen molar-refractivity contribution in [3.8, 4) is 0 Å². The minimum Gasteiger partial charge on any atom is -0.152 e. The van der Waals surface area contributed by atoms with Gasteiger partial charge in [0.25, 0.3) is 0 Å². The first-order valence-electron chi connectivity index (χ1n) is 2.47. The second-order valence-corrected chi connectivity index (χ2v) is 1.61. The Morgan fingerprint density at radius 2 is 1.38 bits per heavy atom. The summed E-state index contributed by atoms with van der Waals surface area (Å²) in [6.45, 7) is 4.00. The fourth-order valence-corrected chi connectivity index (χ4v) is 0.680. The van der Waals surface area contributed by atoms with Crippen molar-refractivity contribution in [3.63, 3.8) is 0 Å². The van der Waals surface area contributed by atoms with E-state index in [1.165, 1.54) is 0 Å². The van der Waals surface area contributed by atoms with Crippen molar-refractivity contribution in [1.82, 2.24) is 0 Å². The molecular weight excluding hydrogens is 116 g/mol. The van der Waals surface area contributed by atoms with Crippen LogP contribution in [0.1, 0.15) is 21.3 Å². The van der Waals surface area contributed by atoms with E-state index in [2.05, 4.69) is 0 Å². The third-order valence-corrected chi connectivity index (χ3v) is 1.05. The van der Waals surface area contributed by atoms with Gasteiger partial charge in [0.2, 0.25) is 0 Å².